The molecule has 1 amide bonds. The number of nitrogens with zero attached hydrogens (tertiary/aromatic N) is 3. The lowest BCUT2D eigenvalue weighted by molar-refractivity contribution is -0.192. The number of rotatable bonds is 8. The van der Waals surface area contributed by atoms with Gasteiger partial charge in [-0.15, -0.1) is 0 Å². The fraction of sp³-hybridized carbons (Fsp3) is 0.485. The van der Waals surface area contributed by atoms with Crippen LogP contribution in [0.3, 0.4) is 0 Å². The molecule has 3 aromatic rings. The van der Waals surface area contributed by atoms with Crippen molar-refractivity contribution in [3.8, 4) is 0 Å². The first kappa shape index (κ1) is 37.9. The van der Waals surface area contributed by atoms with Crippen molar-refractivity contribution in [1.29, 1.82) is 0 Å². The summed E-state index contributed by atoms with van der Waals surface area (Å²) >= 11 is 0. The van der Waals surface area contributed by atoms with Crippen molar-refractivity contribution in [2.75, 3.05) is 24.7 Å². The van der Waals surface area contributed by atoms with Gasteiger partial charge in [0.25, 0.3) is 0 Å². The van der Waals surface area contributed by atoms with E-state index < -0.39 is 39.8 Å². The molecule has 0 unspecified atom stereocenters. The maximum Gasteiger partial charge on any atom is 0.490 e. The third-order valence-corrected chi connectivity index (χ3v) is 11.0. The number of hydrogen-bond donors (Lipinski definition) is 2. The zero-order valence-electron chi connectivity index (χ0n) is 27.0. The van der Waals surface area contributed by atoms with Gasteiger partial charge in [-0.2, -0.15) is 26.3 Å². The van der Waals surface area contributed by atoms with Gasteiger partial charge in [0.1, 0.15) is 6.04 Å². The van der Waals surface area contributed by atoms with Crippen molar-refractivity contribution < 1.29 is 49.5 Å². The molecule has 4 atom stereocenters. The van der Waals surface area contributed by atoms with Gasteiger partial charge in [-0.25, -0.2) is 13.2 Å². The Labute approximate surface area is 280 Å². The van der Waals surface area contributed by atoms with Gasteiger partial charge in [0.2, 0.25) is 5.91 Å². The molecule has 1 saturated carbocycles. The molecular weight excluding hydrogens is 678 g/mol. The SMILES string of the molecule is CC(C)N(C)[C@@H]1CC[C@H](N2CC[C@H](Nc3ccnc4cc(C(F)(F)F)ccc34)C2=O)[C@H](CS(=O)(=O)c2ccccc2)C1.O=C(O)C(F)(F)F. The van der Waals surface area contributed by atoms with Crippen LogP contribution in [0, 0.1) is 5.92 Å². The Morgan fingerprint density at radius 3 is 2.29 bits per heavy atom. The topological polar surface area (TPSA) is 120 Å². The lowest BCUT2D eigenvalue weighted by atomic mass is 9.81. The van der Waals surface area contributed by atoms with Crippen molar-refractivity contribution in [2.45, 2.75) is 80.9 Å². The van der Waals surface area contributed by atoms with Gasteiger partial charge in [0, 0.05) is 41.9 Å². The molecule has 2 N–H and O–H groups in total. The molecular formula is C33H38F6N4O5S. The molecule has 16 heteroatoms. The fourth-order valence-corrected chi connectivity index (χ4v) is 8.10. The molecule has 9 nitrogen and oxygen atoms in total. The molecule has 0 radical (unpaired) electrons. The zero-order valence-corrected chi connectivity index (χ0v) is 27.8. The number of alkyl halides is 6. The van der Waals surface area contributed by atoms with Gasteiger partial charge < -0.3 is 20.2 Å². The number of pyridine rings is 1. The van der Waals surface area contributed by atoms with E-state index >= 15 is 0 Å². The molecule has 49 heavy (non-hydrogen) atoms. The predicted molar refractivity (Wildman–Crippen MR) is 170 cm³/mol. The highest BCUT2D eigenvalue weighted by molar-refractivity contribution is 7.91. The van der Waals surface area contributed by atoms with Gasteiger partial charge in [-0.05, 0) is 82.8 Å². The highest BCUT2D eigenvalue weighted by Gasteiger charge is 2.44. The monoisotopic (exact) mass is 716 g/mol. The second kappa shape index (κ2) is 14.9. The summed E-state index contributed by atoms with van der Waals surface area (Å²) in [5.41, 5.74) is -0.0479. The smallest absolute Gasteiger partial charge is 0.475 e. The number of carboxylic acids is 1. The van der Waals surface area contributed by atoms with E-state index in [0.29, 0.717) is 42.9 Å². The van der Waals surface area contributed by atoms with Crippen molar-refractivity contribution in [3.05, 3.63) is 66.4 Å². The van der Waals surface area contributed by atoms with Crippen LogP contribution in [0.5, 0.6) is 0 Å². The summed E-state index contributed by atoms with van der Waals surface area (Å²) in [5.74, 6) is -3.15. The molecule has 1 saturated heterocycles. The molecule has 2 heterocycles. The number of benzene rings is 2. The highest BCUT2D eigenvalue weighted by atomic mass is 32.2. The summed E-state index contributed by atoms with van der Waals surface area (Å²) in [5, 5.41) is 10.9. The van der Waals surface area contributed by atoms with Crippen LogP contribution in [0.15, 0.2) is 65.7 Å². The molecule has 0 bridgehead atoms. The van der Waals surface area contributed by atoms with E-state index in [2.05, 4.69) is 36.1 Å². The van der Waals surface area contributed by atoms with Crippen LogP contribution in [-0.4, -0.2) is 89.9 Å². The largest absolute Gasteiger partial charge is 0.490 e. The minimum Gasteiger partial charge on any atom is -0.475 e. The van der Waals surface area contributed by atoms with Crippen LogP contribution < -0.4 is 5.32 Å². The molecule has 1 aromatic heterocycles. The van der Waals surface area contributed by atoms with E-state index in [4.69, 9.17) is 9.90 Å². The summed E-state index contributed by atoms with van der Waals surface area (Å²) in [6, 6.07) is 13.2. The number of likely N-dealkylation sites (tertiary alicyclic amines) is 1. The normalized spacial score (nSPS) is 21.9. The van der Waals surface area contributed by atoms with Crippen LogP contribution in [0.25, 0.3) is 10.9 Å². The van der Waals surface area contributed by atoms with E-state index in [1.54, 1.807) is 36.4 Å². The third kappa shape index (κ3) is 9.21. The summed E-state index contributed by atoms with van der Waals surface area (Å²) in [4.78, 5) is 31.2. The number of fused-ring (bicyclic) bond motifs is 1. The number of amides is 1. The number of aliphatic carboxylic acids is 1. The van der Waals surface area contributed by atoms with E-state index in [1.807, 2.05) is 4.90 Å². The maximum absolute atomic E-state index is 13.8. The molecule has 2 aliphatic rings. The van der Waals surface area contributed by atoms with Gasteiger partial charge in [-0.1, -0.05) is 24.3 Å². The Morgan fingerprint density at radius 1 is 1.04 bits per heavy atom. The maximum atomic E-state index is 13.8. The van der Waals surface area contributed by atoms with Crippen LogP contribution in [0.4, 0.5) is 32.0 Å². The number of carbonyl (C=O) groups is 2. The first-order valence-corrected chi connectivity index (χ1v) is 17.3. The molecule has 2 fully saturated rings. The Kier molecular flexibility index (Phi) is 11.5. The standard InChI is InChI=1S/C31H37F3N4O3S.C2HF3O2/c1-20(2)37(3)23-10-12-29(21(17-23)19-42(40,41)24-7-5-4-6-8-24)38-16-14-27(30(38)39)36-26-13-15-35-28-18-22(31(32,33)34)9-11-25(26)28;3-2(4,5)1(6)7/h4-9,11,13,15,18,20-21,23,27,29H,10,12,14,16-17,19H2,1-3H3,(H,35,36);(H,6,7)/t21-,23+,27-,29-;/m0./s1. The number of sulfone groups is 1. The number of carboxylic acid groups (broad SMARTS) is 1. The second-order valence-corrected chi connectivity index (χ2v) is 14.6. The van der Waals surface area contributed by atoms with Gasteiger partial charge in [0.15, 0.2) is 9.84 Å². The lowest BCUT2D eigenvalue weighted by Crippen LogP contribution is -2.52. The molecule has 1 aliphatic carbocycles. The van der Waals surface area contributed by atoms with Gasteiger partial charge in [-0.3, -0.25) is 9.78 Å². The summed E-state index contributed by atoms with van der Waals surface area (Å²) in [6.07, 6.45) is -5.39. The first-order valence-electron chi connectivity index (χ1n) is 15.6. The fourth-order valence-electron chi connectivity index (χ4n) is 6.41. The van der Waals surface area contributed by atoms with Crippen LogP contribution in [0.1, 0.15) is 45.1 Å². The number of aromatic nitrogens is 1. The third-order valence-electron chi connectivity index (χ3n) is 9.12. The Bertz CT molecular complexity index is 1740. The highest BCUT2D eigenvalue weighted by Crippen LogP contribution is 2.37. The Balaban J connectivity index is 0.000000698. The van der Waals surface area contributed by atoms with Crippen LogP contribution >= 0.6 is 0 Å². The predicted octanol–water partition coefficient (Wildman–Crippen LogP) is 6.25. The molecule has 1 aliphatic heterocycles. The van der Waals surface area contributed by atoms with Crippen molar-refractivity contribution in [3.63, 3.8) is 0 Å². The quantitative estimate of drug-likeness (QED) is 0.263. The Morgan fingerprint density at radius 2 is 1.69 bits per heavy atom. The second-order valence-electron chi connectivity index (χ2n) is 12.6. The van der Waals surface area contributed by atoms with E-state index in [1.165, 1.54) is 12.3 Å². The first-order chi connectivity index (χ1) is 22.8. The molecule has 5 rings (SSSR count). The van der Waals surface area contributed by atoms with E-state index in [-0.39, 0.29) is 40.1 Å². The van der Waals surface area contributed by atoms with E-state index in [9.17, 15) is 39.6 Å². The number of hydrogen-bond acceptors (Lipinski definition) is 7. The molecule has 2 aromatic carbocycles. The van der Waals surface area contributed by atoms with Crippen LogP contribution in [0.2, 0.25) is 0 Å². The summed E-state index contributed by atoms with van der Waals surface area (Å²) in [7, 11) is -1.50. The molecule has 268 valence electrons. The number of carbonyl (C=O) groups excluding carboxylic acids is 1. The van der Waals surface area contributed by atoms with Gasteiger partial charge in [0.05, 0.1) is 21.7 Å². The summed E-state index contributed by atoms with van der Waals surface area (Å²) in [6.45, 7) is 4.72. The van der Waals surface area contributed by atoms with Crippen molar-refractivity contribution in [1.82, 2.24) is 14.8 Å². The lowest BCUT2D eigenvalue weighted by Gasteiger charge is -2.44. The minimum absolute atomic E-state index is 0.0392. The summed E-state index contributed by atoms with van der Waals surface area (Å²) < 4.78 is 98.3. The van der Waals surface area contributed by atoms with Crippen molar-refractivity contribution >= 4 is 38.3 Å². The van der Waals surface area contributed by atoms with E-state index in [0.717, 1.165) is 18.6 Å². The zero-order chi connectivity index (χ0) is 36.3. The van der Waals surface area contributed by atoms with Crippen molar-refractivity contribution in [2.24, 2.45) is 5.92 Å². The molecule has 0 spiro atoms. The average Bonchev–Trinajstić information content (AvgIpc) is 3.39. The number of nitrogens with one attached hydrogen (secondary N) is 1. The van der Waals surface area contributed by atoms with Crippen LogP contribution in [-0.2, 0) is 25.6 Å². The number of halogens is 6. The van der Waals surface area contributed by atoms with Gasteiger partial charge >= 0.3 is 18.3 Å². The minimum atomic E-state index is -5.08. The number of anilines is 1. The Hall–Kier alpha value is -3.92. The average molecular weight is 717 g/mol.